The van der Waals surface area contributed by atoms with Crippen molar-refractivity contribution < 1.29 is 9.53 Å². The first-order valence-electron chi connectivity index (χ1n) is 6.11. The lowest BCUT2D eigenvalue weighted by atomic mass is 9.97. The van der Waals surface area contributed by atoms with Crippen LogP contribution in [0.25, 0.3) is 0 Å². The molecule has 0 aromatic carbocycles. The quantitative estimate of drug-likeness (QED) is 0.747. The fourth-order valence-corrected chi connectivity index (χ4v) is 1.71. The number of carbonyl (C=O) groups is 1. The molecule has 1 aliphatic rings. The lowest BCUT2D eigenvalue weighted by molar-refractivity contribution is -0.00200. The molecule has 1 heterocycles. The van der Waals surface area contributed by atoms with E-state index in [0.29, 0.717) is 5.92 Å². The second-order valence-electron chi connectivity index (χ2n) is 5.39. The smallest absolute Gasteiger partial charge is 0.410 e. The maximum Gasteiger partial charge on any atom is 0.410 e. The molecule has 94 valence electrons. The average Bonchev–Trinajstić information content (AvgIpc) is 2.05. The summed E-state index contributed by atoms with van der Waals surface area (Å²) in [5.74, 6) is 0.645. The highest BCUT2D eigenvalue weighted by atomic mass is 16.6. The van der Waals surface area contributed by atoms with Gasteiger partial charge in [-0.2, -0.15) is 0 Å². The van der Waals surface area contributed by atoms with E-state index >= 15 is 0 Å². The van der Waals surface area contributed by atoms with Crippen LogP contribution in [0.3, 0.4) is 0 Å². The molecule has 16 heavy (non-hydrogen) atoms. The zero-order valence-corrected chi connectivity index (χ0v) is 10.9. The van der Waals surface area contributed by atoms with Gasteiger partial charge in [-0.3, -0.25) is 0 Å². The molecule has 0 radical (unpaired) electrons. The number of hydrogen-bond donors (Lipinski definition) is 1. The van der Waals surface area contributed by atoms with Gasteiger partial charge in [0, 0.05) is 13.1 Å². The summed E-state index contributed by atoms with van der Waals surface area (Å²) in [5, 5.41) is 3.29. The second-order valence-corrected chi connectivity index (χ2v) is 5.39. The van der Waals surface area contributed by atoms with Crippen molar-refractivity contribution in [1.82, 2.24) is 10.2 Å². The molecule has 1 amide bonds. The Kier molecular flexibility index (Phi) is 4.59. The van der Waals surface area contributed by atoms with E-state index in [0.717, 1.165) is 32.6 Å². The lowest BCUT2D eigenvalue weighted by Crippen LogP contribution is -2.52. The zero-order chi connectivity index (χ0) is 12.2. The molecule has 0 spiro atoms. The molecule has 1 rings (SSSR count). The van der Waals surface area contributed by atoms with Gasteiger partial charge in [-0.25, -0.2) is 4.79 Å². The molecule has 0 saturated carbocycles. The minimum Gasteiger partial charge on any atom is -0.444 e. The number of hydrogen-bond acceptors (Lipinski definition) is 3. The molecule has 1 N–H and O–H groups in total. The van der Waals surface area contributed by atoms with E-state index in [4.69, 9.17) is 4.74 Å². The van der Waals surface area contributed by atoms with Crippen LogP contribution in [0, 0.1) is 5.92 Å². The standard InChI is InChI=1S/C12H24N2O2/c1-5-13-7-6-10-8-14(9-10)11(15)16-12(2,3)4/h10,13H,5-9H2,1-4H3. The van der Waals surface area contributed by atoms with Gasteiger partial charge < -0.3 is 15.0 Å². The normalized spacial score (nSPS) is 17.1. The fourth-order valence-electron chi connectivity index (χ4n) is 1.71. The molecule has 0 aromatic heterocycles. The third kappa shape index (κ3) is 4.39. The van der Waals surface area contributed by atoms with Gasteiger partial charge in [0.05, 0.1) is 0 Å². The van der Waals surface area contributed by atoms with Crippen LogP contribution in [0.5, 0.6) is 0 Å². The first kappa shape index (κ1) is 13.3. The van der Waals surface area contributed by atoms with Gasteiger partial charge >= 0.3 is 6.09 Å². The Labute approximate surface area is 98.3 Å². The summed E-state index contributed by atoms with van der Waals surface area (Å²) in [5.41, 5.74) is -0.383. The third-order valence-electron chi connectivity index (χ3n) is 2.59. The third-order valence-corrected chi connectivity index (χ3v) is 2.59. The molecule has 0 unspecified atom stereocenters. The maximum atomic E-state index is 11.6. The summed E-state index contributed by atoms with van der Waals surface area (Å²) >= 11 is 0. The van der Waals surface area contributed by atoms with Crippen molar-refractivity contribution in [2.45, 2.75) is 39.7 Å². The van der Waals surface area contributed by atoms with E-state index in [9.17, 15) is 4.79 Å². The van der Waals surface area contributed by atoms with Gasteiger partial charge in [0.1, 0.15) is 5.60 Å². The molecule has 0 aromatic rings. The van der Waals surface area contributed by atoms with Crippen LogP contribution in [0.4, 0.5) is 4.79 Å². The van der Waals surface area contributed by atoms with Gasteiger partial charge in [-0.05, 0) is 46.2 Å². The molecule has 0 atom stereocenters. The van der Waals surface area contributed by atoms with Gasteiger partial charge in [0.2, 0.25) is 0 Å². The van der Waals surface area contributed by atoms with Crippen molar-refractivity contribution in [2.24, 2.45) is 5.92 Å². The van der Waals surface area contributed by atoms with Crippen LogP contribution in [0.2, 0.25) is 0 Å². The molecule has 0 aliphatic carbocycles. The highest BCUT2D eigenvalue weighted by Gasteiger charge is 2.32. The van der Waals surface area contributed by atoms with Crippen molar-refractivity contribution in [2.75, 3.05) is 26.2 Å². The zero-order valence-electron chi connectivity index (χ0n) is 10.9. The van der Waals surface area contributed by atoms with Crippen molar-refractivity contribution >= 4 is 6.09 Å². The van der Waals surface area contributed by atoms with E-state index in [1.807, 2.05) is 20.8 Å². The molecule has 4 nitrogen and oxygen atoms in total. The van der Waals surface area contributed by atoms with Crippen molar-refractivity contribution in [1.29, 1.82) is 0 Å². The second kappa shape index (κ2) is 5.53. The summed E-state index contributed by atoms with van der Waals surface area (Å²) in [6.45, 7) is 11.5. The van der Waals surface area contributed by atoms with Crippen LogP contribution >= 0.6 is 0 Å². The van der Waals surface area contributed by atoms with E-state index < -0.39 is 0 Å². The largest absolute Gasteiger partial charge is 0.444 e. The minimum atomic E-state index is -0.383. The lowest BCUT2D eigenvalue weighted by Gasteiger charge is -2.39. The molecule has 1 aliphatic heterocycles. The first-order valence-corrected chi connectivity index (χ1v) is 6.11. The number of nitrogens with one attached hydrogen (secondary N) is 1. The van der Waals surface area contributed by atoms with E-state index in [1.54, 1.807) is 4.90 Å². The molecule has 1 saturated heterocycles. The Morgan fingerprint density at radius 2 is 2.06 bits per heavy atom. The van der Waals surface area contributed by atoms with Crippen LogP contribution in [-0.4, -0.2) is 42.8 Å². The Bertz CT molecular complexity index is 230. The first-order chi connectivity index (χ1) is 7.42. The Hall–Kier alpha value is -0.770. The van der Waals surface area contributed by atoms with Gasteiger partial charge in [0.15, 0.2) is 0 Å². The van der Waals surface area contributed by atoms with Crippen molar-refractivity contribution in [3.05, 3.63) is 0 Å². The van der Waals surface area contributed by atoms with Crippen LogP contribution in [0.1, 0.15) is 34.1 Å². The van der Waals surface area contributed by atoms with Crippen molar-refractivity contribution in [3.8, 4) is 0 Å². The number of likely N-dealkylation sites (tertiary alicyclic amines) is 1. The summed E-state index contributed by atoms with van der Waals surface area (Å²) in [4.78, 5) is 13.4. The van der Waals surface area contributed by atoms with Crippen LogP contribution in [0.15, 0.2) is 0 Å². The SMILES string of the molecule is CCNCCC1CN(C(=O)OC(C)(C)C)C1. The fraction of sp³-hybridized carbons (Fsp3) is 0.917. The highest BCUT2D eigenvalue weighted by Crippen LogP contribution is 2.21. The summed E-state index contributed by atoms with van der Waals surface area (Å²) in [6.07, 6.45) is 0.972. The van der Waals surface area contributed by atoms with E-state index in [2.05, 4.69) is 12.2 Å². The number of rotatable bonds is 4. The molecule has 1 fully saturated rings. The average molecular weight is 228 g/mol. The Morgan fingerprint density at radius 3 is 2.56 bits per heavy atom. The molecular formula is C12H24N2O2. The number of carbonyl (C=O) groups excluding carboxylic acids is 1. The van der Waals surface area contributed by atoms with E-state index in [-0.39, 0.29) is 11.7 Å². The monoisotopic (exact) mass is 228 g/mol. The predicted octanol–water partition coefficient (Wildman–Crippen LogP) is 1.85. The maximum absolute atomic E-state index is 11.6. The van der Waals surface area contributed by atoms with E-state index in [1.165, 1.54) is 0 Å². The predicted molar refractivity (Wildman–Crippen MR) is 64.5 cm³/mol. The van der Waals surface area contributed by atoms with Crippen LogP contribution < -0.4 is 5.32 Å². The molecular weight excluding hydrogens is 204 g/mol. The molecule has 0 bridgehead atoms. The topological polar surface area (TPSA) is 41.6 Å². The number of nitrogens with zero attached hydrogens (tertiary/aromatic N) is 1. The van der Waals surface area contributed by atoms with Gasteiger partial charge in [0.25, 0.3) is 0 Å². The van der Waals surface area contributed by atoms with Gasteiger partial charge in [-0.15, -0.1) is 0 Å². The minimum absolute atomic E-state index is 0.174. The summed E-state index contributed by atoms with van der Waals surface area (Å²) < 4.78 is 5.29. The van der Waals surface area contributed by atoms with Gasteiger partial charge in [-0.1, -0.05) is 6.92 Å². The molecule has 4 heteroatoms. The van der Waals surface area contributed by atoms with Crippen molar-refractivity contribution in [3.63, 3.8) is 0 Å². The summed E-state index contributed by atoms with van der Waals surface area (Å²) in [7, 11) is 0. The number of amides is 1. The summed E-state index contributed by atoms with van der Waals surface area (Å²) in [6, 6.07) is 0. The Balaban J connectivity index is 2.13. The van der Waals surface area contributed by atoms with Crippen LogP contribution in [-0.2, 0) is 4.74 Å². The highest BCUT2D eigenvalue weighted by molar-refractivity contribution is 5.69. The Morgan fingerprint density at radius 1 is 1.44 bits per heavy atom. The number of ether oxygens (including phenoxy) is 1.